The van der Waals surface area contributed by atoms with Crippen LogP contribution in [0.4, 0.5) is 41.2 Å². The molecule has 1 fully saturated rings. The minimum absolute atomic E-state index is 0.0164. The minimum atomic E-state index is -5.36. The molecule has 7 nitrogen and oxygen atoms in total. The molecule has 3 rings (SSSR count). The van der Waals surface area contributed by atoms with Crippen LogP contribution in [0.3, 0.4) is 0 Å². The number of carbonyl (C=O) groups excluding carboxylic acids is 1. The van der Waals surface area contributed by atoms with Crippen molar-refractivity contribution in [3.8, 4) is 5.75 Å². The van der Waals surface area contributed by atoms with Gasteiger partial charge in [-0.1, -0.05) is 0 Å². The molecule has 2 aromatic carbocycles. The number of benzene rings is 2. The Bertz CT molecular complexity index is 1220. The van der Waals surface area contributed by atoms with Gasteiger partial charge in [0.15, 0.2) is 5.75 Å². The zero-order valence-electron chi connectivity index (χ0n) is 20.4. The summed E-state index contributed by atoms with van der Waals surface area (Å²) in [6, 6.07) is 4.49. The lowest BCUT2D eigenvalue weighted by molar-refractivity contribution is -0.143. The molecule has 0 atom stereocenters. The normalized spacial score (nSPS) is 18.2. The molecule has 0 heterocycles. The first-order valence-electron chi connectivity index (χ1n) is 11.5. The van der Waals surface area contributed by atoms with E-state index in [2.05, 4.69) is 4.99 Å². The predicted molar refractivity (Wildman–Crippen MR) is 128 cm³/mol. The van der Waals surface area contributed by atoms with Crippen LogP contribution in [-0.4, -0.2) is 49.8 Å². The average molecular weight is 563 g/mol. The second-order valence-electron chi connectivity index (χ2n) is 8.57. The molecule has 39 heavy (non-hydrogen) atoms. The number of nitrogens with two attached hydrogens (primary N) is 1. The first-order valence-corrected chi connectivity index (χ1v) is 11.5. The third kappa shape index (κ3) is 7.69. The number of amides is 1. The van der Waals surface area contributed by atoms with Crippen LogP contribution in [-0.2, 0) is 17.1 Å². The van der Waals surface area contributed by atoms with E-state index in [1.54, 1.807) is 0 Å². The first kappa shape index (κ1) is 29.9. The topological polar surface area (TPSA) is 97.4 Å². The summed E-state index contributed by atoms with van der Waals surface area (Å²) in [7, 11) is 1.12. The van der Waals surface area contributed by atoms with Crippen LogP contribution in [0.2, 0.25) is 0 Å². The van der Waals surface area contributed by atoms with Crippen molar-refractivity contribution in [1.82, 2.24) is 0 Å². The zero-order valence-corrected chi connectivity index (χ0v) is 20.4. The average Bonchev–Trinajstić information content (AvgIpc) is 2.83. The Morgan fingerprint density at radius 2 is 1.77 bits per heavy atom. The lowest BCUT2D eigenvalue weighted by atomic mass is 9.92. The molecule has 1 saturated carbocycles. The van der Waals surface area contributed by atoms with E-state index in [0.29, 0.717) is 18.9 Å². The largest absolute Gasteiger partial charge is 0.420 e. The maximum atomic E-state index is 13.9. The van der Waals surface area contributed by atoms with E-state index in [1.807, 2.05) is 0 Å². The second-order valence-corrected chi connectivity index (χ2v) is 8.57. The molecule has 0 radical (unpaired) electrons. The van der Waals surface area contributed by atoms with Crippen molar-refractivity contribution in [3.05, 3.63) is 65.1 Å². The number of aliphatic imine (C=N–C) groups is 1. The number of hydrogen-bond donors (Lipinski definition) is 2. The van der Waals surface area contributed by atoms with Gasteiger partial charge in [-0.2, -0.15) is 26.3 Å². The predicted octanol–water partition coefficient (Wildman–Crippen LogP) is 5.41. The van der Waals surface area contributed by atoms with Gasteiger partial charge in [-0.05, 0) is 49.2 Å². The van der Waals surface area contributed by atoms with Crippen molar-refractivity contribution >= 4 is 23.6 Å². The molecule has 0 unspecified atom stereocenters. The maximum Gasteiger partial charge on any atom is 0.420 e. The third-order valence-corrected chi connectivity index (χ3v) is 5.76. The molecule has 212 valence electrons. The van der Waals surface area contributed by atoms with E-state index in [1.165, 1.54) is 0 Å². The maximum absolute atomic E-state index is 13.9. The summed E-state index contributed by atoms with van der Waals surface area (Å²) >= 11 is 0. The van der Waals surface area contributed by atoms with Gasteiger partial charge >= 0.3 is 18.4 Å². The van der Waals surface area contributed by atoms with Crippen molar-refractivity contribution in [3.63, 3.8) is 0 Å². The standard InChI is InChI=1S/C25H24F7N3O4/c1-35(17-4-2-16(26)3-5-17)23(37)39-22-20(8-15(24(27,28)29)9-21(22)25(30,31)32)14(12-33)13-34-6-7-38-19-10-18(36)11-19/h2-5,8-9,12-13,18-19,36H,6-7,10-11,33H2,1H3. The van der Waals surface area contributed by atoms with Gasteiger partial charge in [0.2, 0.25) is 0 Å². The van der Waals surface area contributed by atoms with Crippen LogP contribution in [0.1, 0.15) is 29.5 Å². The Kier molecular flexibility index (Phi) is 9.22. The number of aliphatic hydroxyl groups is 1. The lowest BCUT2D eigenvalue weighted by Gasteiger charge is -2.30. The molecule has 0 aromatic heterocycles. The fourth-order valence-electron chi connectivity index (χ4n) is 3.56. The molecular weight excluding hydrogens is 539 g/mol. The van der Waals surface area contributed by atoms with Crippen molar-refractivity contribution < 1.29 is 50.1 Å². The highest BCUT2D eigenvalue weighted by atomic mass is 19.4. The molecule has 2 aromatic rings. The van der Waals surface area contributed by atoms with Crippen LogP contribution in [0.15, 0.2) is 47.6 Å². The van der Waals surface area contributed by atoms with Crippen molar-refractivity contribution in [2.45, 2.75) is 37.4 Å². The van der Waals surface area contributed by atoms with E-state index >= 15 is 0 Å². The number of aliphatic hydroxyl groups excluding tert-OH is 1. The fourth-order valence-corrected chi connectivity index (χ4v) is 3.56. The molecule has 1 amide bonds. The van der Waals surface area contributed by atoms with Gasteiger partial charge in [-0.3, -0.25) is 9.89 Å². The highest BCUT2D eigenvalue weighted by Crippen LogP contribution is 2.44. The number of halogens is 7. The molecule has 1 aliphatic rings. The second kappa shape index (κ2) is 12.0. The number of anilines is 1. The Balaban J connectivity index is 1.97. The number of ether oxygens (including phenoxy) is 2. The Morgan fingerprint density at radius 3 is 2.31 bits per heavy atom. The number of nitrogens with zero attached hydrogens (tertiary/aromatic N) is 2. The van der Waals surface area contributed by atoms with Crippen molar-refractivity contribution in [2.24, 2.45) is 10.7 Å². The number of rotatable bonds is 8. The van der Waals surface area contributed by atoms with Crippen LogP contribution < -0.4 is 15.4 Å². The van der Waals surface area contributed by atoms with Gasteiger partial charge in [0.25, 0.3) is 0 Å². The van der Waals surface area contributed by atoms with Gasteiger partial charge in [0.05, 0.1) is 36.5 Å². The molecule has 0 aliphatic heterocycles. The summed E-state index contributed by atoms with van der Waals surface area (Å²) in [5, 5.41) is 9.26. The Morgan fingerprint density at radius 1 is 1.13 bits per heavy atom. The quantitative estimate of drug-likeness (QED) is 0.255. The zero-order chi connectivity index (χ0) is 29.0. The molecule has 14 heteroatoms. The van der Waals surface area contributed by atoms with E-state index in [9.17, 15) is 40.6 Å². The van der Waals surface area contributed by atoms with Crippen LogP contribution in [0, 0.1) is 5.82 Å². The van der Waals surface area contributed by atoms with E-state index in [0.717, 1.165) is 48.6 Å². The van der Waals surface area contributed by atoms with Gasteiger partial charge in [-0.25, -0.2) is 9.18 Å². The monoisotopic (exact) mass is 563 g/mol. The summed E-state index contributed by atoms with van der Waals surface area (Å²) in [6.07, 6.45) is -9.99. The number of hydrogen-bond acceptors (Lipinski definition) is 6. The summed E-state index contributed by atoms with van der Waals surface area (Å²) in [6.45, 7) is 0.0594. The molecule has 0 spiro atoms. The van der Waals surface area contributed by atoms with E-state index in [4.69, 9.17) is 15.2 Å². The number of allylic oxidation sites excluding steroid dienone is 1. The van der Waals surface area contributed by atoms with Gasteiger partial charge in [0.1, 0.15) is 5.82 Å². The minimum Gasteiger partial charge on any atom is -0.409 e. The molecule has 3 N–H and O–H groups in total. The highest BCUT2D eigenvalue weighted by Gasteiger charge is 2.41. The van der Waals surface area contributed by atoms with Crippen LogP contribution >= 0.6 is 0 Å². The molecule has 1 aliphatic carbocycles. The van der Waals surface area contributed by atoms with Gasteiger partial charge in [-0.15, -0.1) is 0 Å². The molecular formula is C25H24F7N3O4. The van der Waals surface area contributed by atoms with Gasteiger partial charge < -0.3 is 20.3 Å². The molecule has 0 saturated heterocycles. The fraction of sp³-hybridized carbons (Fsp3) is 0.360. The Labute approximate surface area is 218 Å². The summed E-state index contributed by atoms with van der Waals surface area (Å²) in [5.41, 5.74) is 0.876. The van der Waals surface area contributed by atoms with Gasteiger partial charge in [0, 0.05) is 36.3 Å². The summed E-state index contributed by atoms with van der Waals surface area (Å²) < 4.78 is 106. The lowest BCUT2D eigenvalue weighted by Crippen LogP contribution is -2.35. The van der Waals surface area contributed by atoms with Crippen LogP contribution in [0.5, 0.6) is 5.75 Å². The summed E-state index contributed by atoms with van der Waals surface area (Å²) in [4.78, 5) is 17.4. The number of carbonyl (C=O) groups is 1. The SMILES string of the molecule is CN(C(=O)Oc1c(C(C=NCCOC2CC(O)C2)=CN)cc(C(F)(F)F)cc1C(F)(F)F)c1ccc(F)cc1. The number of alkyl halides is 6. The summed E-state index contributed by atoms with van der Waals surface area (Å²) in [5.74, 6) is -1.87. The van der Waals surface area contributed by atoms with Crippen molar-refractivity contribution in [1.29, 1.82) is 0 Å². The van der Waals surface area contributed by atoms with E-state index < -0.39 is 58.4 Å². The highest BCUT2D eigenvalue weighted by molar-refractivity contribution is 6.11. The Hall–Kier alpha value is -3.65. The first-order chi connectivity index (χ1) is 18.2. The molecule has 0 bridgehead atoms. The van der Waals surface area contributed by atoms with E-state index in [-0.39, 0.29) is 31.0 Å². The van der Waals surface area contributed by atoms with Crippen molar-refractivity contribution in [2.75, 3.05) is 25.1 Å². The smallest absolute Gasteiger partial charge is 0.409 e. The third-order valence-electron chi connectivity index (χ3n) is 5.76. The van der Waals surface area contributed by atoms with Crippen LogP contribution in [0.25, 0.3) is 5.57 Å².